The van der Waals surface area contributed by atoms with Gasteiger partial charge in [-0.1, -0.05) is 6.07 Å². The number of rotatable bonds is 1. The maximum atomic E-state index is 11.4. The Morgan fingerprint density at radius 2 is 2.23 bits per heavy atom. The lowest BCUT2D eigenvalue weighted by Gasteiger charge is -2.03. The van der Waals surface area contributed by atoms with Crippen LogP contribution < -0.4 is 9.46 Å². The standard InChI is InChI=1S/C8H9NO3S/c1-12-7-3-2-4-8-6(7)5-9-13(8,10)11/h2-4,9H,5H2,1H3. The SMILES string of the molecule is COc1cccc2c1CNS2(=O)=O. The van der Waals surface area contributed by atoms with E-state index in [1.54, 1.807) is 18.2 Å². The molecule has 0 saturated heterocycles. The van der Waals surface area contributed by atoms with Crippen LogP contribution in [-0.4, -0.2) is 15.5 Å². The van der Waals surface area contributed by atoms with Gasteiger partial charge in [-0.2, -0.15) is 0 Å². The number of benzene rings is 1. The summed E-state index contributed by atoms with van der Waals surface area (Å²) in [5.41, 5.74) is 0.713. The lowest BCUT2D eigenvalue weighted by atomic mass is 10.2. The molecule has 0 saturated carbocycles. The van der Waals surface area contributed by atoms with Crippen LogP contribution in [0.3, 0.4) is 0 Å². The zero-order valence-corrected chi connectivity index (χ0v) is 7.89. The van der Waals surface area contributed by atoms with E-state index < -0.39 is 10.0 Å². The first-order valence-electron chi connectivity index (χ1n) is 3.81. The van der Waals surface area contributed by atoms with Crippen molar-refractivity contribution >= 4 is 10.0 Å². The quantitative estimate of drug-likeness (QED) is 0.716. The Morgan fingerprint density at radius 1 is 1.46 bits per heavy atom. The van der Waals surface area contributed by atoms with Crippen molar-refractivity contribution in [3.8, 4) is 5.75 Å². The number of hydrogen-bond donors (Lipinski definition) is 1. The number of nitrogens with one attached hydrogen (secondary N) is 1. The van der Waals surface area contributed by atoms with Crippen molar-refractivity contribution < 1.29 is 13.2 Å². The number of hydrogen-bond acceptors (Lipinski definition) is 3. The van der Waals surface area contributed by atoms with Crippen LogP contribution in [0.1, 0.15) is 5.56 Å². The maximum Gasteiger partial charge on any atom is 0.241 e. The van der Waals surface area contributed by atoms with E-state index in [0.29, 0.717) is 22.8 Å². The molecule has 0 aliphatic carbocycles. The van der Waals surface area contributed by atoms with Gasteiger partial charge >= 0.3 is 0 Å². The van der Waals surface area contributed by atoms with Gasteiger partial charge in [-0.3, -0.25) is 0 Å². The van der Waals surface area contributed by atoms with Crippen molar-refractivity contribution in [1.82, 2.24) is 4.72 Å². The molecule has 0 fully saturated rings. The Hall–Kier alpha value is -1.07. The highest BCUT2D eigenvalue weighted by molar-refractivity contribution is 7.89. The highest BCUT2D eigenvalue weighted by Crippen LogP contribution is 2.29. The maximum absolute atomic E-state index is 11.4. The summed E-state index contributed by atoms with van der Waals surface area (Å²) >= 11 is 0. The van der Waals surface area contributed by atoms with E-state index in [0.717, 1.165) is 0 Å². The molecule has 4 nitrogen and oxygen atoms in total. The first kappa shape index (κ1) is 8.52. The van der Waals surface area contributed by atoms with Gasteiger partial charge < -0.3 is 4.74 Å². The normalized spacial score (nSPS) is 18.2. The van der Waals surface area contributed by atoms with Crippen LogP contribution in [0.15, 0.2) is 23.1 Å². The second kappa shape index (κ2) is 2.71. The predicted molar refractivity (Wildman–Crippen MR) is 47.0 cm³/mol. The molecule has 0 unspecified atom stereocenters. The zero-order chi connectivity index (χ0) is 9.47. The number of sulfonamides is 1. The summed E-state index contributed by atoms with van der Waals surface area (Å²) in [6.07, 6.45) is 0. The van der Waals surface area contributed by atoms with Gasteiger partial charge in [0, 0.05) is 12.1 Å². The summed E-state index contributed by atoms with van der Waals surface area (Å²) in [5, 5.41) is 0. The molecule has 1 N–H and O–H groups in total. The number of methoxy groups -OCH3 is 1. The summed E-state index contributed by atoms with van der Waals surface area (Å²) in [5.74, 6) is 0.617. The Kier molecular flexibility index (Phi) is 1.78. The summed E-state index contributed by atoms with van der Waals surface area (Å²) in [7, 11) is -1.74. The molecular formula is C8H9NO3S. The van der Waals surface area contributed by atoms with Gasteiger partial charge in [0.25, 0.3) is 0 Å². The van der Waals surface area contributed by atoms with Gasteiger partial charge in [0.2, 0.25) is 10.0 Å². The van der Waals surface area contributed by atoms with Gasteiger partial charge in [-0.25, -0.2) is 13.1 Å². The van der Waals surface area contributed by atoms with Crippen molar-refractivity contribution in [2.24, 2.45) is 0 Å². The Balaban J connectivity index is 2.69. The average molecular weight is 199 g/mol. The minimum absolute atomic E-state index is 0.321. The fourth-order valence-corrected chi connectivity index (χ4v) is 2.65. The van der Waals surface area contributed by atoms with Crippen LogP contribution in [0.4, 0.5) is 0 Å². The van der Waals surface area contributed by atoms with Gasteiger partial charge in [-0.05, 0) is 12.1 Å². The molecule has 0 spiro atoms. The highest BCUT2D eigenvalue weighted by atomic mass is 32.2. The van der Waals surface area contributed by atoms with Crippen molar-refractivity contribution in [2.75, 3.05) is 7.11 Å². The lowest BCUT2D eigenvalue weighted by Crippen LogP contribution is -2.13. The summed E-state index contributed by atoms with van der Waals surface area (Å²) in [6.45, 7) is 0.321. The Morgan fingerprint density at radius 3 is 2.92 bits per heavy atom. The van der Waals surface area contributed by atoms with Crippen LogP contribution in [-0.2, 0) is 16.6 Å². The van der Waals surface area contributed by atoms with Crippen molar-refractivity contribution in [2.45, 2.75) is 11.4 Å². The lowest BCUT2D eigenvalue weighted by molar-refractivity contribution is 0.408. The highest BCUT2D eigenvalue weighted by Gasteiger charge is 2.27. The van der Waals surface area contributed by atoms with E-state index in [9.17, 15) is 8.42 Å². The minimum Gasteiger partial charge on any atom is -0.496 e. The van der Waals surface area contributed by atoms with Gasteiger partial charge in [-0.15, -0.1) is 0 Å². The van der Waals surface area contributed by atoms with Crippen LogP contribution in [0.2, 0.25) is 0 Å². The van der Waals surface area contributed by atoms with Gasteiger partial charge in [0.1, 0.15) is 5.75 Å². The van der Waals surface area contributed by atoms with E-state index in [2.05, 4.69) is 4.72 Å². The van der Waals surface area contributed by atoms with Gasteiger partial charge in [0.15, 0.2) is 0 Å². The molecule has 1 heterocycles. The summed E-state index contributed by atoms with van der Waals surface area (Å²) in [4.78, 5) is 0.326. The largest absolute Gasteiger partial charge is 0.496 e. The topological polar surface area (TPSA) is 55.4 Å². The molecule has 70 valence electrons. The van der Waals surface area contributed by atoms with Crippen LogP contribution in [0.25, 0.3) is 0 Å². The van der Waals surface area contributed by atoms with Crippen molar-refractivity contribution in [3.63, 3.8) is 0 Å². The first-order chi connectivity index (χ1) is 6.15. The smallest absolute Gasteiger partial charge is 0.241 e. The summed E-state index contributed by atoms with van der Waals surface area (Å²) in [6, 6.07) is 5.00. The predicted octanol–water partition coefficient (Wildman–Crippen LogP) is 0.487. The van der Waals surface area contributed by atoms with E-state index in [-0.39, 0.29) is 0 Å². The van der Waals surface area contributed by atoms with Crippen molar-refractivity contribution in [3.05, 3.63) is 23.8 Å². The van der Waals surface area contributed by atoms with Crippen LogP contribution >= 0.6 is 0 Å². The molecule has 1 aromatic carbocycles. The van der Waals surface area contributed by atoms with Crippen LogP contribution in [0, 0.1) is 0 Å². The van der Waals surface area contributed by atoms with Gasteiger partial charge in [0.05, 0.1) is 12.0 Å². The molecule has 1 aliphatic heterocycles. The van der Waals surface area contributed by atoms with E-state index in [1.807, 2.05) is 0 Å². The van der Waals surface area contributed by atoms with E-state index >= 15 is 0 Å². The third-order valence-corrected chi connectivity index (χ3v) is 3.52. The number of ether oxygens (including phenoxy) is 1. The molecule has 13 heavy (non-hydrogen) atoms. The molecule has 1 aromatic rings. The van der Waals surface area contributed by atoms with Crippen molar-refractivity contribution in [1.29, 1.82) is 0 Å². The fourth-order valence-electron chi connectivity index (χ4n) is 1.41. The molecule has 0 atom stereocenters. The summed E-state index contributed by atoms with van der Waals surface area (Å²) < 4.78 is 30.2. The fraction of sp³-hybridized carbons (Fsp3) is 0.250. The Bertz CT molecular complexity index is 439. The average Bonchev–Trinajstić information content (AvgIpc) is 2.43. The van der Waals surface area contributed by atoms with Crippen LogP contribution in [0.5, 0.6) is 5.75 Å². The second-order valence-electron chi connectivity index (χ2n) is 2.76. The first-order valence-corrected chi connectivity index (χ1v) is 5.29. The third kappa shape index (κ3) is 1.20. The Labute approximate surface area is 76.6 Å². The molecule has 1 aliphatic rings. The molecule has 0 aromatic heterocycles. The number of fused-ring (bicyclic) bond motifs is 1. The monoisotopic (exact) mass is 199 g/mol. The molecular weight excluding hydrogens is 190 g/mol. The minimum atomic E-state index is -3.27. The molecule has 0 radical (unpaired) electrons. The molecule has 0 bridgehead atoms. The third-order valence-electron chi connectivity index (χ3n) is 2.04. The zero-order valence-electron chi connectivity index (χ0n) is 7.07. The molecule has 0 amide bonds. The molecule has 2 rings (SSSR count). The molecule has 5 heteroatoms. The van der Waals surface area contributed by atoms with E-state index in [1.165, 1.54) is 7.11 Å². The van der Waals surface area contributed by atoms with E-state index in [4.69, 9.17) is 4.74 Å². The second-order valence-corrected chi connectivity index (χ2v) is 4.50.